The van der Waals surface area contributed by atoms with Crippen molar-refractivity contribution in [2.75, 3.05) is 44.7 Å². The van der Waals surface area contributed by atoms with Crippen LogP contribution in [0.4, 0.5) is 5.69 Å². The second-order valence-corrected chi connectivity index (χ2v) is 11.1. The number of sulfonamides is 1. The molecule has 12 heteroatoms. The van der Waals surface area contributed by atoms with Crippen molar-refractivity contribution in [3.63, 3.8) is 0 Å². The maximum Gasteiger partial charge on any atom is 0.244 e. The molecule has 3 heterocycles. The molecule has 34 heavy (non-hydrogen) atoms. The summed E-state index contributed by atoms with van der Waals surface area (Å²) in [6.07, 6.45) is 4.46. The van der Waals surface area contributed by atoms with E-state index in [1.807, 2.05) is 4.68 Å². The van der Waals surface area contributed by atoms with Crippen LogP contribution in [-0.2, 0) is 14.8 Å². The van der Waals surface area contributed by atoms with E-state index in [2.05, 4.69) is 26.4 Å². The van der Waals surface area contributed by atoms with Crippen molar-refractivity contribution in [2.24, 2.45) is 0 Å². The SMILES string of the molecule is Cc1cc(NC2CC(n3cncn3)C2)cc(C#N)c1S(=O)(=O)N1CCN([C@@H]2COC[C@H]2O)CC1. The van der Waals surface area contributed by atoms with Gasteiger partial charge >= 0.3 is 0 Å². The Morgan fingerprint density at radius 2 is 1.97 bits per heavy atom. The summed E-state index contributed by atoms with van der Waals surface area (Å²) in [6, 6.07) is 5.96. The van der Waals surface area contributed by atoms with Crippen LogP contribution in [0.1, 0.15) is 30.0 Å². The molecule has 11 nitrogen and oxygen atoms in total. The lowest BCUT2D eigenvalue weighted by Gasteiger charge is -2.38. The first-order chi connectivity index (χ1) is 16.4. The van der Waals surface area contributed by atoms with E-state index >= 15 is 0 Å². The van der Waals surface area contributed by atoms with Gasteiger partial charge in [-0.3, -0.25) is 4.90 Å². The number of rotatable bonds is 6. The van der Waals surface area contributed by atoms with Gasteiger partial charge < -0.3 is 15.2 Å². The van der Waals surface area contributed by atoms with Gasteiger partial charge in [0.2, 0.25) is 10.0 Å². The van der Waals surface area contributed by atoms with E-state index in [1.165, 1.54) is 10.6 Å². The molecule has 1 aromatic carbocycles. The first kappa shape index (κ1) is 23.2. The highest BCUT2D eigenvalue weighted by Gasteiger charge is 2.37. The third-order valence-electron chi connectivity index (χ3n) is 7.05. The second-order valence-electron chi connectivity index (χ2n) is 9.24. The highest BCUT2D eigenvalue weighted by atomic mass is 32.2. The van der Waals surface area contributed by atoms with Crippen molar-refractivity contribution in [2.45, 2.75) is 48.9 Å². The number of nitriles is 1. The van der Waals surface area contributed by atoms with E-state index in [1.54, 1.807) is 25.4 Å². The van der Waals surface area contributed by atoms with E-state index in [0.29, 0.717) is 51.0 Å². The number of hydrogen-bond donors (Lipinski definition) is 2. The number of aryl methyl sites for hydroxylation is 1. The Bertz CT molecular complexity index is 1170. The summed E-state index contributed by atoms with van der Waals surface area (Å²) in [6.45, 7) is 4.15. The number of nitrogens with zero attached hydrogens (tertiary/aromatic N) is 6. The number of ether oxygens (including phenoxy) is 1. The summed E-state index contributed by atoms with van der Waals surface area (Å²) >= 11 is 0. The predicted molar refractivity (Wildman–Crippen MR) is 123 cm³/mol. The molecule has 0 radical (unpaired) electrons. The molecule has 2 aromatic rings. The number of benzene rings is 1. The molecule has 0 spiro atoms. The molecule has 3 fully saturated rings. The molecule has 5 rings (SSSR count). The minimum absolute atomic E-state index is 0.0762. The van der Waals surface area contributed by atoms with Gasteiger partial charge in [0.15, 0.2) is 0 Å². The van der Waals surface area contributed by atoms with Crippen molar-refractivity contribution < 1.29 is 18.3 Å². The first-order valence-electron chi connectivity index (χ1n) is 11.5. The zero-order valence-electron chi connectivity index (χ0n) is 19.0. The van der Waals surface area contributed by atoms with Crippen molar-refractivity contribution in [3.8, 4) is 6.07 Å². The Morgan fingerprint density at radius 1 is 1.21 bits per heavy atom. The molecule has 3 aliphatic rings. The molecule has 2 aliphatic heterocycles. The number of hydrogen-bond acceptors (Lipinski definition) is 9. The van der Waals surface area contributed by atoms with Crippen molar-refractivity contribution in [3.05, 3.63) is 35.9 Å². The number of aliphatic hydroxyl groups is 1. The molecule has 1 aromatic heterocycles. The van der Waals surface area contributed by atoms with Crippen LogP contribution >= 0.6 is 0 Å². The zero-order chi connectivity index (χ0) is 23.9. The van der Waals surface area contributed by atoms with Gasteiger partial charge in [0, 0.05) is 37.9 Å². The minimum atomic E-state index is -3.83. The normalized spacial score (nSPS) is 28.4. The standard InChI is InChI=1S/C22H29N7O4S/c1-15-6-17(26-18-8-19(9-18)29-14-24-13-25-29)7-16(10-23)22(15)34(31,32)28-4-2-27(3-5-28)20-11-33-12-21(20)30/h6-7,13-14,18-21,26,30H,2-5,8-9,11-12H2,1H3/t18?,19?,20-,21-/m1/s1. The Labute approximate surface area is 199 Å². The molecule has 1 aliphatic carbocycles. The lowest BCUT2D eigenvalue weighted by Crippen LogP contribution is -2.54. The Balaban J connectivity index is 1.27. The summed E-state index contributed by atoms with van der Waals surface area (Å²) in [5, 5.41) is 27.5. The highest BCUT2D eigenvalue weighted by Crippen LogP contribution is 2.35. The van der Waals surface area contributed by atoms with Crippen LogP contribution in [0.25, 0.3) is 0 Å². The monoisotopic (exact) mass is 487 g/mol. The molecule has 0 amide bonds. The topological polar surface area (TPSA) is 137 Å². The van der Waals surface area contributed by atoms with Gasteiger partial charge in [0.25, 0.3) is 0 Å². The first-order valence-corrected chi connectivity index (χ1v) is 13.0. The number of anilines is 1. The molecule has 2 N–H and O–H groups in total. The Morgan fingerprint density at radius 3 is 2.59 bits per heavy atom. The van der Waals surface area contributed by atoms with Gasteiger partial charge in [0.05, 0.1) is 37.0 Å². The van der Waals surface area contributed by atoms with Gasteiger partial charge in [-0.1, -0.05) is 0 Å². The van der Waals surface area contributed by atoms with Crippen molar-refractivity contribution in [1.29, 1.82) is 5.26 Å². The fraction of sp³-hybridized carbons (Fsp3) is 0.591. The summed E-state index contributed by atoms with van der Waals surface area (Å²) in [5.74, 6) is 0. The van der Waals surface area contributed by atoms with E-state index < -0.39 is 16.1 Å². The van der Waals surface area contributed by atoms with Crippen LogP contribution in [-0.4, -0.2) is 95.1 Å². The lowest BCUT2D eigenvalue weighted by atomic mass is 9.86. The fourth-order valence-electron chi connectivity index (χ4n) is 5.13. The van der Waals surface area contributed by atoms with Gasteiger partial charge in [-0.25, -0.2) is 18.1 Å². The smallest absolute Gasteiger partial charge is 0.244 e. The number of aliphatic hydroxyl groups excluding tert-OH is 1. The van der Waals surface area contributed by atoms with Crippen molar-refractivity contribution in [1.82, 2.24) is 24.0 Å². The van der Waals surface area contributed by atoms with Gasteiger partial charge in [-0.2, -0.15) is 14.7 Å². The highest BCUT2D eigenvalue weighted by molar-refractivity contribution is 7.89. The maximum atomic E-state index is 13.5. The predicted octanol–water partition coefficient (Wildman–Crippen LogP) is 0.340. The van der Waals surface area contributed by atoms with Crippen LogP contribution in [0.3, 0.4) is 0 Å². The third-order valence-corrected chi connectivity index (χ3v) is 9.15. The van der Waals surface area contributed by atoms with Gasteiger partial charge in [-0.05, 0) is 37.5 Å². The van der Waals surface area contributed by atoms with Crippen molar-refractivity contribution >= 4 is 15.7 Å². The molecular formula is C22H29N7O4S. The quantitative estimate of drug-likeness (QED) is 0.591. The van der Waals surface area contributed by atoms with Gasteiger partial charge in [-0.15, -0.1) is 0 Å². The number of nitrogens with one attached hydrogen (secondary N) is 1. The molecule has 182 valence electrons. The van der Waals surface area contributed by atoms with E-state index in [-0.39, 0.29) is 22.5 Å². The second kappa shape index (κ2) is 9.24. The zero-order valence-corrected chi connectivity index (χ0v) is 19.9. The molecular weight excluding hydrogens is 458 g/mol. The minimum Gasteiger partial charge on any atom is -0.389 e. The van der Waals surface area contributed by atoms with Gasteiger partial charge in [0.1, 0.15) is 23.6 Å². The summed E-state index contributed by atoms with van der Waals surface area (Å²) in [7, 11) is -3.83. The largest absolute Gasteiger partial charge is 0.389 e. The third kappa shape index (κ3) is 4.30. The summed E-state index contributed by atoms with van der Waals surface area (Å²) < 4.78 is 35.6. The fourth-order valence-corrected chi connectivity index (χ4v) is 6.88. The molecule has 1 saturated carbocycles. The number of piperazine rings is 1. The summed E-state index contributed by atoms with van der Waals surface area (Å²) in [4.78, 5) is 6.14. The average molecular weight is 488 g/mol. The van der Waals surface area contributed by atoms with Crippen LogP contribution in [0.15, 0.2) is 29.7 Å². The molecule has 2 atom stereocenters. The van der Waals surface area contributed by atoms with Crippen LogP contribution in [0.2, 0.25) is 0 Å². The van der Waals surface area contributed by atoms with Crippen LogP contribution < -0.4 is 5.32 Å². The Hall–Kier alpha value is -2.56. The van der Waals surface area contributed by atoms with E-state index in [0.717, 1.165) is 18.5 Å². The summed E-state index contributed by atoms with van der Waals surface area (Å²) in [5.41, 5.74) is 1.45. The van der Waals surface area contributed by atoms with Crippen LogP contribution in [0, 0.1) is 18.3 Å². The molecule has 0 bridgehead atoms. The van der Waals surface area contributed by atoms with E-state index in [4.69, 9.17) is 4.74 Å². The molecule has 2 saturated heterocycles. The number of aromatic nitrogens is 3. The average Bonchev–Trinajstić information content (AvgIpc) is 3.47. The van der Waals surface area contributed by atoms with E-state index in [9.17, 15) is 18.8 Å². The maximum absolute atomic E-state index is 13.5. The molecule has 0 unspecified atom stereocenters. The Kier molecular flexibility index (Phi) is 6.30. The van der Waals surface area contributed by atoms with Crippen LogP contribution in [0.5, 0.6) is 0 Å². The lowest BCUT2D eigenvalue weighted by molar-refractivity contribution is 0.0618.